The minimum absolute atomic E-state index is 0.251. The zero-order valence-corrected chi connectivity index (χ0v) is 10.5. The lowest BCUT2D eigenvalue weighted by Gasteiger charge is -2.21. The van der Waals surface area contributed by atoms with Crippen LogP contribution in [-0.2, 0) is 4.79 Å². The summed E-state index contributed by atoms with van der Waals surface area (Å²) in [5.74, 6) is -1.61. The molecule has 1 aliphatic rings. The van der Waals surface area contributed by atoms with Gasteiger partial charge in [-0.2, -0.15) is 0 Å². The molecule has 5 nitrogen and oxygen atoms in total. The highest BCUT2D eigenvalue weighted by Crippen LogP contribution is 2.27. The molecule has 2 amide bonds. The maximum Gasteiger partial charge on any atom is 0.296 e. The zero-order valence-electron chi connectivity index (χ0n) is 10.5. The van der Waals surface area contributed by atoms with E-state index in [0.717, 1.165) is 0 Å². The van der Waals surface area contributed by atoms with Crippen LogP contribution in [0.4, 0.5) is 5.69 Å². The number of rotatable bonds is 1. The van der Waals surface area contributed by atoms with Crippen LogP contribution in [0.5, 0.6) is 0 Å². The normalized spacial score (nSPS) is 14.2. The van der Waals surface area contributed by atoms with Crippen molar-refractivity contribution in [3.63, 3.8) is 0 Å². The Hall–Kier alpha value is -2.17. The number of nitrogens with one attached hydrogen (secondary N) is 2. The van der Waals surface area contributed by atoms with Crippen molar-refractivity contribution in [3.8, 4) is 0 Å². The van der Waals surface area contributed by atoms with Gasteiger partial charge >= 0.3 is 0 Å². The Morgan fingerprint density at radius 2 is 1.89 bits per heavy atom. The van der Waals surface area contributed by atoms with E-state index in [9.17, 15) is 14.4 Å². The molecule has 0 saturated carbocycles. The van der Waals surface area contributed by atoms with Gasteiger partial charge in [0.05, 0.1) is 16.8 Å². The number of ketones is 1. The van der Waals surface area contributed by atoms with Crippen LogP contribution in [0, 0.1) is 0 Å². The predicted molar refractivity (Wildman–Crippen MR) is 66.6 cm³/mol. The Labute approximate surface area is 105 Å². The summed E-state index contributed by atoms with van der Waals surface area (Å²) in [5.41, 5.74) is 0.476. The van der Waals surface area contributed by atoms with Crippen LogP contribution >= 0.6 is 0 Å². The van der Waals surface area contributed by atoms with Crippen molar-refractivity contribution in [2.24, 2.45) is 0 Å². The topological polar surface area (TPSA) is 75.3 Å². The smallest absolute Gasteiger partial charge is 0.296 e. The van der Waals surface area contributed by atoms with Crippen LogP contribution in [0.25, 0.3) is 0 Å². The highest BCUT2D eigenvalue weighted by molar-refractivity contribution is 6.52. The van der Waals surface area contributed by atoms with Gasteiger partial charge in [0.1, 0.15) is 0 Å². The Morgan fingerprint density at radius 3 is 2.50 bits per heavy atom. The Morgan fingerprint density at radius 1 is 1.22 bits per heavy atom. The van der Waals surface area contributed by atoms with Crippen LogP contribution in [0.1, 0.15) is 41.5 Å². The fraction of sp³-hybridized carbons (Fsp3) is 0.308. The summed E-state index contributed by atoms with van der Waals surface area (Å²) in [4.78, 5) is 34.9. The standard InChI is InChI=1S/C13H14N2O3/c1-13(2,3)15-11(17)8-6-4-5-7-9(8)14-12(18)10(7)16/h4-6H,1-3H3,(H,15,17)(H,14,16,18). The second-order valence-corrected chi connectivity index (χ2v) is 5.22. The molecule has 0 bridgehead atoms. The van der Waals surface area contributed by atoms with Gasteiger partial charge in [0.25, 0.3) is 17.6 Å². The molecular formula is C13H14N2O3. The highest BCUT2D eigenvalue weighted by Gasteiger charge is 2.31. The van der Waals surface area contributed by atoms with Crippen LogP contribution < -0.4 is 10.6 Å². The van der Waals surface area contributed by atoms with Crippen molar-refractivity contribution in [1.29, 1.82) is 0 Å². The van der Waals surface area contributed by atoms with Gasteiger partial charge in [0, 0.05) is 5.54 Å². The molecule has 0 atom stereocenters. The van der Waals surface area contributed by atoms with Crippen LogP contribution in [0.3, 0.4) is 0 Å². The third-order valence-corrected chi connectivity index (χ3v) is 2.49. The van der Waals surface area contributed by atoms with E-state index >= 15 is 0 Å². The Kier molecular flexibility index (Phi) is 2.69. The molecule has 18 heavy (non-hydrogen) atoms. The second kappa shape index (κ2) is 3.94. The second-order valence-electron chi connectivity index (χ2n) is 5.22. The van der Waals surface area contributed by atoms with E-state index in [4.69, 9.17) is 0 Å². The first-order valence-corrected chi connectivity index (χ1v) is 5.61. The molecule has 1 aromatic carbocycles. The molecule has 0 aliphatic carbocycles. The molecule has 2 N–H and O–H groups in total. The molecule has 0 radical (unpaired) electrons. The Balaban J connectivity index is 2.41. The first-order valence-electron chi connectivity index (χ1n) is 5.61. The van der Waals surface area contributed by atoms with Crippen molar-refractivity contribution in [3.05, 3.63) is 29.3 Å². The summed E-state index contributed by atoms with van der Waals surface area (Å²) >= 11 is 0. The van der Waals surface area contributed by atoms with E-state index in [1.165, 1.54) is 6.07 Å². The fourth-order valence-corrected chi connectivity index (χ4v) is 1.77. The van der Waals surface area contributed by atoms with Gasteiger partial charge in [0.2, 0.25) is 0 Å². The largest absolute Gasteiger partial charge is 0.347 e. The highest BCUT2D eigenvalue weighted by atomic mass is 16.2. The van der Waals surface area contributed by atoms with Crippen LogP contribution in [0.2, 0.25) is 0 Å². The third kappa shape index (κ3) is 2.11. The molecule has 1 aromatic rings. The van der Waals surface area contributed by atoms with Crippen molar-refractivity contribution >= 4 is 23.3 Å². The molecule has 2 rings (SSSR count). The third-order valence-electron chi connectivity index (χ3n) is 2.49. The molecule has 0 unspecified atom stereocenters. The van der Waals surface area contributed by atoms with E-state index < -0.39 is 11.7 Å². The minimum atomic E-state index is -0.694. The lowest BCUT2D eigenvalue weighted by Crippen LogP contribution is -2.40. The van der Waals surface area contributed by atoms with Gasteiger partial charge in [-0.25, -0.2) is 0 Å². The van der Waals surface area contributed by atoms with Crippen LogP contribution in [0.15, 0.2) is 18.2 Å². The number of hydrogen-bond acceptors (Lipinski definition) is 3. The summed E-state index contributed by atoms with van der Waals surface area (Å²) in [7, 11) is 0. The zero-order chi connectivity index (χ0) is 13.5. The molecular weight excluding hydrogens is 232 g/mol. The van der Waals surface area contributed by atoms with Gasteiger partial charge in [0.15, 0.2) is 0 Å². The lowest BCUT2D eigenvalue weighted by molar-refractivity contribution is -0.112. The van der Waals surface area contributed by atoms with Crippen molar-refractivity contribution in [1.82, 2.24) is 5.32 Å². The number of benzene rings is 1. The summed E-state index contributed by atoms with van der Waals surface area (Å²) in [6, 6.07) is 4.71. The SMILES string of the molecule is CC(C)(C)NC(=O)c1cccc2c1NC(=O)C2=O. The molecule has 1 aliphatic heterocycles. The van der Waals surface area contributed by atoms with E-state index in [-0.39, 0.29) is 17.0 Å². The number of para-hydroxylation sites is 1. The van der Waals surface area contributed by atoms with E-state index in [2.05, 4.69) is 10.6 Å². The van der Waals surface area contributed by atoms with Gasteiger partial charge in [-0.1, -0.05) is 6.07 Å². The van der Waals surface area contributed by atoms with E-state index in [1.54, 1.807) is 12.1 Å². The first-order chi connectivity index (χ1) is 8.29. The maximum absolute atomic E-state index is 12.1. The average molecular weight is 246 g/mol. The number of hydrogen-bond donors (Lipinski definition) is 2. The summed E-state index contributed by atoms with van der Waals surface area (Å²) < 4.78 is 0. The molecule has 5 heteroatoms. The lowest BCUT2D eigenvalue weighted by atomic mass is 10.0. The van der Waals surface area contributed by atoms with Gasteiger partial charge in [-0.3, -0.25) is 14.4 Å². The number of Topliss-reactive ketones (excluding diaryl/α,β-unsaturated/α-hetero) is 1. The first kappa shape index (κ1) is 12.3. The van der Waals surface area contributed by atoms with E-state index in [1.807, 2.05) is 20.8 Å². The Bertz CT molecular complexity index is 556. The van der Waals surface area contributed by atoms with Crippen molar-refractivity contribution < 1.29 is 14.4 Å². The fourth-order valence-electron chi connectivity index (χ4n) is 1.77. The predicted octanol–water partition coefficient (Wildman–Crippen LogP) is 1.35. The number of carbonyl (C=O) groups excluding carboxylic acids is 3. The van der Waals surface area contributed by atoms with Crippen LogP contribution in [-0.4, -0.2) is 23.1 Å². The molecule has 0 aromatic heterocycles. The monoisotopic (exact) mass is 246 g/mol. The molecule has 1 heterocycles. The summed E-state index contributed by atoms with van der Waals surface area (Å²) in [5, 5.41) is 5.23. The molecule has 0 fully saturated rings. The average Bonchev–Trinajstić information content (AvgIpc) is 2.52. The minimum Gasteiger partial charge on any atom is -0.347 e. The summed E-state index contributed by atoms with van der Waals surface area (Å²) in [6.07, 6.45) is 0. The number of amides is 2. The number of carbonyl (C=O) groups is 3. The number of anilines is 1. The summed E-state index contributed by atoms with van der Waals surface area (Å²) in [6.45, 7) is 5.58. The van der Waals surface area contributed by atoms with E-state index in [0.29, 0.717) is 11.3 Å². The van der Waals surface area contributed by atoms with Gasteiger partial charge < -0.3 is 10.6 Å². The quantitative estimate of drug-likeness (QED) is 0.734. The maximum atomic E-state index is 12.1. The van der Waals surface area contributed by atoms with Gasteiger partial charge in [-0.05, 0) is 32.9 Å². The van der Waals surface area contributed by atoms with Gasteiger partial charge in [-0.15, -0.1) is 0 Å². The van der Waals surface area contributed by atoms with Crippen molar-refractivity contribution in [2.45, 2.75) is 26.3 Å². The number of fused-ring (bicyclic) bond motifs is 1. The molecule has 94 valence electrons. The molecule has 0 saturated heterocycles. The van der Waals surface area contributed by atoms with Crippen molar-refractivity contribution in [2.75, 3.05) is 5.32 Å². The molecule has 0 spiro atoms.